The average molecular weight is 475 g/mol. The molecule has 1 saturated carbocycles. The number of fused-ring (bicyclic) bond motifs is 4. The van der Waals surface area contributed by atoms with Gasteiger partial charge in [0.05, 0.1) is 7.11 Å². The van der Waals surface area contributed by atoms with Gasteiger partial charge >= 0.3 is 6.03 Å². The lowest BCUT2D eigenvalue weighted by Crippen LogP contribution is -2.53. The first-order valence-corrected chi connectivity index (χ1v) is 12.1. The molecule has 0 unspecified atom stereocenters. The van der Waals surface area contributed by atoms with Crippen LogP contribution in [0.2, 0.25) is 0 Å². The second-order valence-electron chi connectivity index (χ2n) is 10.2. The molecule has 3 aromatic rings. The van der Waals surface area contributed by atoms with Gasteiger partial charge in [0, 0.05) is 42.1 Å². The molecule has 3 aliphatic rings. The number of H-pyrrole nitrogens is 1. The summed E-state index contributed by atoms with van der Waals surface area (Å²) in [6.45, 7) is 2.90. The summed E-state index contributed by atoms with van der Waals surface area (Å²) in [4.78, 5) is 36.6. The highest BCUT2D eigenvalue weighted by Gasteiger charge is 2.60. The van der Waals surface area contributed by atoms with Crippen LogP contribution in [0.25, 0.3) is 10.9 Å². The summed E-state index contributed by atoms with van der Waals surface area (Å²) in [5.74, 6) is 0.689. The number of hydrogen-bond donors (Lipinski definition) is 2. The third-order valence-corrected chi connectivity index (χ3v) is 7.91. The van der Waals surface area contributed by atoms with Crippen LogP contribution in [0.15, 0.2) is 42.5 Å². The molecule has 1 saturated heterocycles. The maximum atomic E-state index is 13.9. The summed E-state index contributed by atoms with van der Waals surface area (Å²) < 4.78 is 5.46. The number of methoxy groups -OCH3 is 1. The van der Waals surface area contributed by atoms with Crippen molar-refractivity contribution in [2.75, 3.05) is 27.2 Å². The van der Waals surface area contributed by atoms with Crippen molar-refractivity contribution in [1.29, 1.82) is 0 Å². The Hall–Kier alpha value is -3.52. The zero-order valence-electron chi connectivity index (χ0n) is 20.2. The van der Waals surface area contributed by atoms with Gasteiger partial charge in [-0.1, -0.05) is 12.1 Å². The summed E-state index contributed by atoms with van der Waals surface area (Å²) in [6.07, 6.45) is 2.75. The minimum Gasteiger partial charge on any atom is -0.508 e. The van der Waals surface area contributed by atoms with Gasteiger partial charge in [-0.05, 0) is 68.3 Å². The average Bonchev–Trinajstić information content (AvgIpc) is 3.61. The molecule has 2 aliphatic heterocycles. The molecule has 2 N–H and O–H groups in total. The number of carbonyl (C=O) groups is 2. The second-order valence-corrected chi connectivity index (χ2v) is 10.2. The van der Waals surface area contributed by atoms with E-state index in [1.165, 1.54) is 17.7 Å². The Bertz CT molecular complexity index is 1350. The monoisotopic (exact) mass is 474 g/mol. The topological polar surface area (TPSA) is 89.1 Å². The molecule has 35 heavy (non-hydrogen) atoms. The highest BCUT2D eigenvalue weighted by molar-refractivity contribution is 6.08. The molecule has 8 heteroatoms. The van der Waals surface area contributed by atoms with Crippen LogP contribution in [-0.4, -0.2) is 75.6 Å². The smallest absolute Gasteiger partial charge is 0.328 e. The molecule has 3 heterocycles. The standard InChI is InChI=1S/C27H30N4O4/c1-27-15-21-20-14-19(35-3)9-10-22(20)28-23(21)24(16-5-4-6-18(32)13-16)31(27)26(34)30(25(27)33)12-11-29(2)17-7-8-17/h4-6,9-10,13-14,17,24,28,32H,7-8,11-12,15H2,1-3H3/t24-,27+/m1/s1. The van der Waals surface area contributed by atoms with Crippen molar-refractivity contribution in [2.45, 2.75) is 43.8 Å². The van der Waals surface area contributed by atoms with Gasteiger partial charge in [0.15, 0.2) is 0 Å². The number of nitrogens with zero attached hydrogens (tertiary/aromatic N) is 3. The van der Waals surface area contributed by atoms with E-state index in [-0.39, 0.29) is 17.7 Å². The number of urea groups is 1. The number of rotatable bonds is 6. The summed E-state index contributed by atoms with van der Waals surface area (Å²) in [5, 5.41) is 11.2. The Morgan fingerprint density at radius 1 is 1.20 bits per heavy atom. The second kappa shape index (κ2) is 7.75. The number of benzene rings is 2. The predicted octanol–water partition coefficient (Wildman–Crippen LogP) is 3.64. The highest BCUT2D eigenvalue weighted by atomic mass is 16.5. The fraction of sp³-hybridized carbons (Fsp3) is 0.407. The van der Waals surface area contributed by atoms with Gasteiger partial charge in [-0.15, -0.1) is 0 Å². The molecular weight excluding hydrogens is 444 g/mol. The lowest BCUT2D eigenvalue weighted by Gasteiger charge is -2.42. The maximum Gasteiger partial charge on any atom is 0.328 e. The Morgan fingerprint density at radius 3 is 2.71 bits per heavy atom. The van der Waals surface area contributed by atoms with Gasteiger partial charge in [0.25, 0.3) is 5.91 Å². The van der Waals surface area contributed by atoms with E-state index in [4.69, 9.17) is 4.74 Å². The summed E-state index contributed by atoms with van der Waals surface area (Å²) in [5.41, 5.74) is 2.53. The lowest BCUT2D eigenvalue weighted by atomic mass is 9.81. The van der Waals surface area contributed by atoms with Gasteiger partial charge in [0.1, 0.15) is 23.1 Å². The molecule has 2 fully saturated rings. The number of aromatic nitrogens is 1. The first kappa shape index (κ1) is 22.0. The van der Waals surface area contributed by atoms with Crippen LogP contribution in [0, 0.1) is 0 Å². The van der Waals surface area contributed by atoms with Crippen LogP contribution in [0.3, 0.4) is 0 Å². The predicted molar refractivity (Wildman–Crippen MR) is 132 cm³/mol. The summed E-state index contributed by atoms with van der Waals surface area (Å²) in [6, 6.07) is 12.5. The molecule has 2 aromatic carbocycles. The van der Waals surface area contributed by atoms with Crippen molar-refractivity contribution in [3.63, 3.8) is 0 Å². The van der Waals surface area contributed by atoms with E-state index in [9.17, 15) is 14.7 Å². The van der Waals surface area contributed by atoms with Crippen LogP contribution in [-0.2, 0) is 11.2 Å². The minimum atomic E-state index is -1.03. The van der Waals surface area contributed by atoms with Crippen molar-refractivity contribution in [1.82, 2.24) is 19.7 Å². The summed E-state index contributed by atoms with van der Waals surface area (Å²) >= 11 is 0. The number of likely N-dealkylation sites (N-methyl/N-ethyl adjacent to an activating group) is 1. The summed E-state index contributed by atoms with van der Waals surface area (Å²) in [7, 11) is 3.69. The molecule has 8 nitrogen and oxygen atoms in total. The molecule has 0 spiro atoms. The Morgan fingerprint density at radius 2 is 2.00 bits per heavy atom. The van der Waals surface area contributed by atoms with Gasteiger partial charge < -0.3 is 19.7 Å². The number of nitrogens with one attached hydrogen (secondary N) is 1. The molecular formula is C27H30N4O4. The molecule has 2 atom stereocenters. The van der Waals surface area contributed by atoms with E-state index in [1.807, 2.05) is 31.2 Å². The molecule has 1 aromatic heterocycles. The lowest BCUT2D eigenvalue weighted by molar-refractivity contribution is -0.133. The number of phenolic OH excluding ortho intramolecular Hbond substituents is 1. The van der Waals surface area contributed by atoms with Crippen LogP contribution in [0.5, 0.6) is 11.5 Å². The third kappa shape index (κ3) is 3.31. The van der Waals surface area contributed by atoms with Crippen molar-refractivity contribution in [2.24, 2.45) is 0 Å². The van der Waals surface area contributed by atoms with E-state index >= 15 is 0 Å². The molecule has 1 aliphatic carbocycles. The number of imide groups is 1. The number of amides is 3. The van der Waals surface area contributed by atoms with Gasteiger partial charge in [0.2, 0.25) is 0 Å². The van der Waals surface area contributed by atoms with E-state index < -0.39 is 11.6 Å². The van der Waals surface area contributed by atoms with E-state index in [1.54, 1.807) is 30.2 Å². The number of aromatic amines is 1. The van der Waals surface area contributed by atoms with Crippen molar-refractivity contribution >= 4 is 22.8 Å². The number of aromatic hydroxyl groups is 1. The molecule has 3 amide bonds. The first-order chi connectivity index (χ1) is 16.8. The fourth-order valence-corrected chi connectivity index (χ4v) is 5.81. The van der Waals surface area contributed by atoms with E-state index in [0.717, 1.165) is 33.5 Å². The largest absolute Gasteiger partial charge is 0.508 e. The van der Waals surface area contributed by atoms with Gasteiger partial charge in [-0.3, -0.25) is 14.6 Å². The SMILES string of the molecule is COc1ccc2[nH]c3c(c2c1)C[C@@]1(C)C(=O)N(CCN(C)C2CC2)C(=O)N1[C@@H]3c1cccc(O)c1. The van der Waals surface area contributed by atoms with Crippen LogP contribution in [0.4, 0.5) is 4.79 Å². The zero-order valence-corrected chi connectivity index (χ0v) is 20.2. The molecule has 182 valence electrons. The maximum absolute atomic E-state index is 13.9. The fourth-order valence-electron chi connectivity index (χ4n) is 5.81. The number of hydrogen-bond acceptors (Lipinski definition) is 5. The zero-order chi connectivity index (χ0) is 24.5. The third-order valence-electron chi connectivity index (χ3n) is 7.91. The van der Waals surface area contributed by atoms with Crippen LogP contribution < -0.4 is 4.74 Å². The minimum absolute atomic E-state index is 0.120. The van der Waals surface area contributed by atoms with E-state index in [0.29, 0.717) is 25.6 Å². The number of carbonyl (C=O) groups excluding carboxylic acids is 2. The van der Waals surface area contributed by atoms with E-state index in [2.05, 4.69) is 16.9 Å². The Kier molecular flexibility index (Phi) is 4.86. The Labute approximate surface area is 204 Å². The molecule has 6 rings (SSSR count). The van der Waals surface area contributed by atoms with Gasteiger partial charge in [-0.2, -0.15) is 0 Å². The van der Waals surface area contributed by atoms with Crippen molar-refractivity contribution in [3.05, 3.63) is 59.3 Å². The van der Waals surface area contributed by atoms with Crippen LogP contribution >= 0.6 is 0 Å². The van der Waals surface area contributed by atoms with Crippen LogP contribution in [0.1, 0.15) is 42.6 Å². The first-order valence-electron chi connectivity index (χ1n) is 12.1. The van der Waals surface area contributed by atoms with Gasteiger partial charge in [-0.25, -0.2) is 4.79 Å². The Balaban J connectivity index is 1.48. The molecule has 0 radical (unpaired) electrons. The normalized spacial score (nSPS) is 23.8. The van der Waals surface area contributed by atoms with Crippen molar-refractivity contribution < 1.29 is 19.4 Å². The quantitative estimate of drug-likeness (QED) is 0.533. The number of ether oxygens (including phenoxy) is 1. The highest BCUT2D eigenvalue weighted by Crippen LogP contribution is 2.49. The number of phenols is 1. The molecule has 0 bridgehead atoms. The van der Waals surface area contributed by atoms with Crippen molar-refractivity contribution in [3.8, 4) is 11.5 Å².